The molecular formula is C17H21NO5. The number of aliphatic hydroxyl groups excluding tert-OH is 1. The van der Waals surface area contributed by atoms with E-state index < -0.39 is 24.3 Å². The van der Waals surface area contributed by atoms with E-state index in [9.17, 15) is 14.7 Å². The van der Waals surface area contributed by atoms with E-state index >= 15 is 0 Å². The molecule has 0 radical (unpaired) electrons. The number of esters is 1. The monoisotopic (exact) mass is 319 g/mol. The summed E-state index contributed by atoms with van der Waals surface area (Å²) in [6.07, 6.45) is 2.23. The molecule has 1 aliphatic rings. The molecule has 0 spiro atoms. The molecule has 2 rings (SSSR count). The van der Waals surface area contributed by atoms with Gasteiger partial charge in [0.1, 0.15) is 12.7 Å². The highest BCUT2D eigenvalue weighted by atomic mass is 16.6. The number of carbonyl (C=O) groups excluding carboxylic acids is 2. The quantitative estimate of drug-likeness (QED) is 0.654. The summed E-state index contributed by atoms with van der Waals surface area (Å²) >= 11 is 0. The highest BCUT2D eigenvalue weighted by molar-refractivity contribution is 5.68. The average Bonchev–Trinajstić information content (AvgIpc) is 2.67. The molecule has 1 aromatic carbocycles. The Bertz CT molecular complexity index is 557. The van der Waals surface area contributed by atoms with E-state index in [0.717, 1.165) is 5.56 Å². The highest BCUT2D eigenvalue weighted by Crippen LogP contribution is 2.16. The minimum absolute atomic E-state index is 0.174. The molecule has 124 valence electrons. The van der Waals surface area contributed by atoms with Crippen LogP contribution in [-0.2, 0) is 20.9 Å². The second kappa shape index (κ2) is 8.33. The predicted octanol–water partition coefficient (Wildman–Crippen LogP) is 1.92. The SMILES string of the molecule is CC(=O)O[C@@H]1C=C[C@H](O)C[C@H](NC(=O)OCc2ccccc2)C1. The van der Waals surface area contributed by atoms with Gasteiger partial charge in [-0.15, -0.1) is 0 Å². The molecule has 1 amide bonds. The molecule has 0 fully saturated rings. The zero-order valence-corrected chi connectivity index (χ0v) is 13.0. The minimum atomic E-state index is -0.699. The van der Waals surface area contributed by atoms with E-state index in [1.54, 1.807) is 12.2 Å². The number of aliphatic hydroxyl groups is 1. The summed E-state index contributed by atoms with van der Waals surface area (Å²) in [6.45, 7) is 1.50. The Hall–Kier alpha value is -2.34. The maximum Gasteiger partial charge on any atom is 0.407 e. The van der Waals surface area contributed by atoms with Crippen LogP contribution >= 0.6 is 0 Å². The van der Waals surface area contributed by atoms with E-state index in [2.05, 4.69) is 5.32 Å². The third-order valence-corrected chi connectivity index (χ3v) is 3.44. The van der Waals surface area contributed by atoms with Crippen molar-refractivity contribution in [2.75, 3.05) is 0 Å². The van der Waals surface area contributed by atoms with E-state index in [4.69, 9.17) is 9.47 Å². The molecule has 0 bridgehead atoms. The number of hydrogen-bond acceptors (Lipinski definition) is 5. The first-order valence-electron chi connectivity index (χ1n) is 7.53. The molecule has 0 saturated carbocycles. The number of amides is 1. The zero-order valence-electron chi connectivity index (χ0n) is 13.0. The van der Waals surface area contributed by atoms with Crippen LogP contribution in [0.25, 0.3) is 0 Å². The third kappa shape index (κ3) is 6.12. The molecule has 0 aliphatic heterocycles. The third-order valence-electron chi connectivity index (χ3n) is 3.44. The Labute approximate surface area is 135 Å². The van der Waals surface area contributed by atoms with Crippen molar-refractivity contribution in [1.82, 2.24) is 5.32 Å². The van der Waals surface area contributed by atoms with E-state index in [1.807, 2.05) is 30.3 Å². The molecule has 0 unspecified atom stereocenters. The molecule has 23 heavy (non-hydrogen) atoms. The Morgan fingerprint density at radius 1 is 1.22 bits per heavy atom. The predicted molar refractivity (Wildman–Crippen MR) is 83.5 cm³/mol. The lowest BCUT2D eigenvalue weighted by Crippen LogP contribution is -2.39. The summed E-state index contributed by atoms with van der Waals surface area (Å²) in [6, 6.07) is 9.01. The second-order valence-corrected chi connectivity index (χ2v) is 5.47. The summed E-state index contributed by atoms with van der Waals surface area (Å²) in [5.41, 5.74) is 0.892. The lowest BCUT2D eigenvalue weighted by molar-refractivity contribution is -0.144. The first-order valence-corrected chi connectivity index (χ1v) is 7.53. The Kier molecular flexibility index (Phi) is 6.17. The van der Waals surface area contributed by atoms with Gasteiger partial charge >= 0.3 is 12.1 Å². The average molecular weight is 319 g/mol. The number of ether oxygens (including phenoxy) is 2. The van der Waals surface area contributed by atoms with Gasteiger partial charge in [-0.3, -0.25) is 4.79 Å². The van der Waals surface area contributed by atoms with Crippen LogP contribution < -0.4 is 5.32 Å². The topological polar surface area (TPSA) is 84.9 Å². The largest absolute Gasteiger partial charge is 0.458 e. The van der Waals surface area contributed by atoms with Crippen molar-refractivity contribution in [3.63, 3.8) is 0 Å². The van der Waals surface area contributed by atoms with Crippen molar-refractivity contribution in [3.05, 3.63) is 48.0 Å². The zero-order chi connectivity index (χ0) is 16.7. The van der Waals surface area contributed by atoms with Crippen LogP contribution in [0.2, 0.25) is 0 Å². The van der Waals surface area contributed by atoms with Gasteiger partial charge in [-0.2, -0.15) is 0 Å². The van der Waals surface area contributed by atoms with Gasteiger partial charge < -0.3 is 19.9 Å². The molecule has 1 aromatic rings. The van der Waals surface area contributed by atoms with Gasteiger partial charge in [0.2, 0.25) is 0 Å². The normalized spacial score (nSPS) is 23.7. The number of carbonyl (C=O) groups is 2. The van der Waals surface area contributed by atoms with Crippen molar-refractivity contribution >= 4 is 12.1 Å². The van der Waals surface area contributed by atoms with Crippen LogP contribution in [0.3, 0.4) is 0 Å². The van der Waals surface area contributed by atoms with Gasteiger partial charge in [0.15, 0.2) is 0 Å². The molecule has 0 aromatic heterocycles. The standard InChI is InChI=1S/C17H21NO5/c1-12(19)23-16-8-7-15(20)9-14(10-16)18-17(21)22-11-13-5-3-2-4-6-13/h2-8,14-16,20H,9-11H2,1H3,(H,18,21)/t14-,15-,16+/m0/s1. The Balaban J connectivity index is 1.84. The van der Waals surface area contributed by atoms with Crippen LogP contribution in [0, 0.1) is 0 Å². The molecule has 6 nitrogen and oxygen atoms in total. The number of hydrogen-bond donors (Lipinski definition) is 2. The summed E-state index contributed by atoms with van der Waals surface area (Å²) in [4.78, 5) is 23.0. The van der Waals surface area contributed by atoms with Gasteiger partial charge in [-0.1, -0.05) is 36.4 Å². The summed E-state index contributed by atoms with van der Waals surface area (Å²) < 4.78 is 10.3. The van der Waals surface area contributed by atoms with Crippen LogP contribution in [0.1, 0.15) is 25.3 Å². The summed E-state index contributed by atoms with van der Waals surface area (Å²) in [7, 11) is 0. The van der Waals surface area contributed by atoms with Gasteiger partial charge in [0.25, 0.3) is 0 Å². The van der Waals surface area contributed by atoms with E-state index in [1.165, 1.54) is 6.92 Å². The first-order chi connectivity index (χ1) is 11.0. The molecule has 6 heteroatoms. The fourth-order valence-corrected chi connectivity index (χ4v) is 2.43. The first kappa shape index (κ1) is 17.0. The maximum absolute atomic E-state index is 11.9. The summed E-state index contributed by atoms with van der Waals surface area (Å²) in [5, 5.41) is 12.5. The van der Waals surface area contributed by atoms with E-state index in [-0.39, 0.29) is 12.6 Å². The molecule has 0 heterocycles. The van der Waals surface area contributed by atoms with Crippen molar-refractivity contribution < 1.29 is 24.2 Å². The summed E-state index contributed by atoms with van der Waals surface area (Å²) in [5.74, 6) is -0.401. The molecular weight excluding hydrogens is 298 g/mol. The maximum atomic E-state index is 11.9. The van der Waals surface area contributed by atoms with Gasteiger partial charge in [-0.05, 0) is 18.1 Å². The van der Waals surface area contributed by atoms with E-state index in [0.29, 0.717) is 12.8 Å². The number of alkyl carbamates (subject to hydrolysis) is 1. The highest BCUT2D eigenvalue weighted by Gasteiger charge is 2.24. The van der Waals surface area contributed by atoms with Crippen molar-refractivity contribution in [1.29, 1.82) is 0 Å². The van der Waals surface area contributed by atoms with Crippen molar-refractivity contribution in [2.45, 2.75) is 44.6 Å². The van der Waals surface area contributed by atoms with Gasteiger partial charge in [0, 0.05) is 19.4 Å². The van der Waals surface area contributed by atoms with Crippen LogP contribution in [0.5, 0.6) is 0 Å². The second-order valence-electron chi connectivity index (χ2n) is 5.47. The number of rotatable bonds is 4. The van der Waals surface area contributed by atoms with Gasteiger partial charge in [0.05, 0.1) is 6.10 Å². The van der Waals surface area contributed by atoms with Gasteiger partial charge in [-0.25, -0.2) is 4.79 Å². The Morgan fingerprint density at radius 2 is 1.96 bits per heavy atom. The fourth-order valence-electron chi connectivity index (χ4n) is 2.43. The molecule has 0 saturated heterocycles. The minimum Gasteiger partial charge on any atom is -0.458 e. The van der Waals surface area contributed by atoms with Crippen LogP contribution in [0.4, 0.5) is 4.79 Å². The molecule has 3 atom stereocenters. The molecule has 2 N–H and O–H groups in total. The number of benzene rings is 1. The smallest absolute Gasteiger partial charge is 0.407 e. The fraction of sp³-hybridized carbons (Fsp3) is 0.412. The molecule has 1 aliphatic carbocycles. The van der Waals surface area contributed by atoms with Crippen LogP contribution in [-0.4, -0.2) is 35.4 Å². The Morgan fingerprint density at radius 3 is 2.65 bits per heavy atom. The lowest BCUT2D eigenvalue weighted by atomic mass is 10.1. The van der Waals surface area contributed by atoms with Crippen molar-refractivity contribution in [3.8, 4) is 0 Å². The lowest BCUT2D eigenvalue weighted by Gasteiger charge is -2.21. The van der Waals surface area contributed by atoms with Crippen LogP contribution in [0.15, 0.2) is 42.5 Å². The van der Waals surface area contributed by atoms with Crippen molar-refractivity contribution in [2.24, 2.45) is 0 Å². The number of nitrogens with one attached hydrogen (secondary N) is 1.